The van der Waals surface area contributed by atoms with E-state index in [1.165, 1.54) is 4.88 Å². The van der Waals surface area contributed by atoms with E-state index in [0.29, 0.717) is 0 Å². The largest absolute Gasteiger partial charge is 0.340 e. The van der Waals surface area contributed by atoms with E-state index in [0.717, 1.165) is 32.5 Å². The summed E-state index contributed by atoms with van der Waals surface area (Å²) < 4.78 is 0. The molecule has 1 unspecified atom stereocenters. The zero-order valence-corrected chi connectivity index (χ0v) is 11.3. The molecule has 17 heavy (non-hydrogen) atoms. The van der Waals surface area contributed by atoms with Crippen molar-refractivity contribution in [2.45, 2.75) is 26.3 Å². The Bertz CT molecular complexity index is 369. The van der Waals surface area contributed by atoms with Gasteiger partial charge >= 0.3 is 0 Å². The lowest BCUT2D eigenvalue weighted by molar-refractivity contribution is -0.141. The van der Waals surface area contributed by atoms with Crippen LogP contribution < -0.4 is 5.32 Å². The number of carbonyl (C=O) groups excluding carboxylic acids is 1. The number of hydrogen-bond acceptors (Lipinski definition) is 3. The first-order valence-electron chi connectivity index (χ1n) is 6.10. The highest BCUT2D eigenvalue weighted by Crippen LogP contribution is 2.28. The van der Waals surface area contributed by atoms with Crippen molar-refractivity contribution in [3.05, 3.63) is 22.4 Å². The first-order chi connectivity index (χ1) is 8.12. The molecule has 0 saturated carbocycles. The number of nitrogens with zero attached hydrogens (tertiary/aromatic N) is 1. The summed E-state index contributed by atoms with van der Waals surface area (Å²) in [4.78, 5) is 15.5. The van der Waals surface area contributed by atoms with Gasteiger partial charge in [-0.2, -0.15) is 0 Å². The molecular formula is C13H20N2OS. The predicted octanol–water partition coefficient (Wildman–Crippen LogP) is 2.10. The highest BCUT2D eigenvalue weighted by molar-refractivity contribution is 7.09. The van der Waals surface area contributed by atoms with Gasteiger partial charge in [-0.05, 0) is 37.8 Å². The molecule has 4 heteroatoms. The molecule has 1 aromatic heterocycles. The van der Waals surface area contributed by atoms with Crippen LogP contribution in [0.15, 0.2) is 17.5 Å². The van der Waals surface area contributed by atoms with Gasteiger partial charge < -0.3 is 10.2 Å². The standard InChI is InChI=1S/C13H20N2OS/c1-13(6-4-7-14-10-13)12(16)15(2)9-11-5-3-8-17-11/h3,5,8,14H,4,6-7,9-10H2,1-2H3. The number of piperidine rings is 1. The van der Waals surface area contributed by atoms with Crippen molar-refractivity contribution in [3.63, 3.8) is 0 Å². The zero-order chi connectivity index (χ0) is 12.3. The second-order valence-electron chi connectivity index (χ2n) is 5.08. The molecule has 1 aliphatic rings. The van der Waals surface area contributed by atoms with Gasteiger partial charge in [0.15, 0.2) is 0 Å². The van der Waals surface area contributed by atoms with Crippen LogP contribution in [0.1, 0.15) is 24.6 Å². The molecule has 0 radical (unpaired) electrons. The average Bonchev–Trinajstić information content (AvgIpc) is 2.81. The van der Waals surface area contributed by atoms with Crippen LogP contribution in [0.2, 0.25) is 0 Å². The van der Waals surface area contributed by atoms with Crippen LogP contribution in [-0.4, -0.2) is 30.9 Å². The Balaban J connectivity index is 1.98. The van der Waals surface area contributed by atoms with Crippen LogP contribution in [0.25, 0.3) is 0 Å². The number of amides is 1. The van der Waals surface area contributed by atoms with E-state index in [9.17, 15) is 4.79 Å². The Labute approximate surface area is 107 Å². The molecule has 1 aliphatic heterocycles. The number of nitrogens with one attached hydrogen (secondary N) is 1. The van der Waals surface area contributed by atoms with Crippen molar-refractivity contribution in [1.82, 2.24) is 10.2 Å². The van der Waals surface area contributed by atoms with Crippen LogP contribution >= 0.6 is 11.3 Å². The van der Waals surface area contributed by atoms with Gasteiger partial charge in [0, 0.05) is 18.5 Å². The lowest BCUT2D eigenvalue weighted by Gasteiger charge is -2.35. The van der Waals surface area contributed by atoms with Crippen molar-refractivity contribution < 1.29 is 4.79 Å². The van der Waals surface area contributed by atoms with Crippen molar-refractivity contribution in [1.29, 1.82) is 0 Å². The van der Waals surface area contributed by atoms with E-state index >= 15 is 0 Å². The summed E-state index contributed by atoms with van der Waals surface area (Å²) in [5, 5.41) is 5.38. The molecule has 1 amide bonds. The van der Waals surface area contributed by atoms with Gasteiger partial charge in [-0.3, -0.25) is 4.79 Å². The fraction of sp³-hybridized carbons (Fsp3) is 0.615. The van der Waals surface area contributed by atoms with Crippen molar-refractivity contribution >= 4 is 17.2 Å². The SMILES string of the molecule is CN(Cc1cccs1)C(=O)C1(C)CCCNC1. The highest BCUT2D eigenvalue weighted by atomic mass is 32.1. The predicted molar refractivity (Wildman–Crippen MR) is 71.0 cm³/mol. The first kappa shape index (κ1) is 12.6. The molecule has 0 spiro atoms. The smallest absolute Gasteiger partial charge is 0.229 e. The van der Waals surface area contributed by atoms with Crippen LogP contribution in [0.4, 0.5) is 0 Å². The van der Waals surface area contributed by atoms with Crippen LogP contribution in [-0.2, 0) is 11.3 Å². The third-order valence-corrected chi connectivity index (χ3v) is 4.29. The fourth-order valence-electron chi connectivity index (χ4n) is 2.41. The zero-order valence-electron chi connectivity index (χ0n) is 10.5. The molecule has 1 N–H and O–H groups in total. The number of carbonyl (C=O) groups is 1. The molecule has 2 rings (SSSR count). The lowest BCUT2D eigenvalue weighted by Crippen LogP contribution is -2.48. The summed E-state index contributed by atoms with van der Waals surface area (Å²) in [7, 11) is 1.90. The second kappa shape index (κ2) is 5.19. The van der Waals surface area contributed by atoms with E-state index in [1.807, 2.05) is 18.0 Å². The first-order valence-corrected chi connectivity index (χ1v) is 6.98. The van der Waals surface area contributed by atoms with E-state index in [-0.39, 0.29) is 11.3 Å². The molecule has 94 valence electrons. The Kier molecular flexibility index (Phi) is 3.84. The maximum atomic E-state index is 12.4. The molecular weight excluding hydrogens is 232 g/mol. The van der Waals surface area contributed by atoms with Gasteiger partial charge in [0.1, 0.15) is 0 Å². The highest BCUT2D eigenvalue weighted by Gasteiger charge is 2.36. The summed E-state index contributed by atoms with van der Waals surface area (Å²) in [6, 6.07) is 4.11. The van der Waals surface area contributed by atoms with Gasteiger partial charge in [0.2, 0.25) is 5.91 Å². The summed E-state index contributed by atoms with van der Waals surface area (Å²) in [5.41, 5.74) is -0.218. The van der Waals surface area contributed by atoms with Gasteiger partial charge in [-0.1, -0.05) is 6.07 Å². The Morgan fingerprint density at radius 3 is 3.06 bits per heavy atom. The molecule has 0 aliphatic carbocycles. The molecule has 1 atom stereocenters. The Hall–Kier alpha value is -0.870. The normalized spacial score (nSPS) is 24.6. The Morgan fingerprint density at radius 1 is 1.65 bits per heavy atom. The van der Waals surface area contributed by atoms with Crippen molar-refractivity contribution in [2.24, 2.45) is 5.41 Å². The van der Waals surface area contributed by atoms with Gasteiger partial charge in [-0.15, -0.1) is 11.3 Å². The minimum atomic E-state index is -0.218. The molecule has 1 aromatic rings. The van der Waals surface area contributed by atoms with E-state index in [2.05, 4.69) is 23.7 Å². The third kappa shape index (κ3) is 2.87. The summed E-state index contributed by atoms with van der Waals surface area (Å²) >= 11 is 1.70. The number of hydrogen-bond donors (Lipinski definition) is 1. The molecule has 1 saturated heterocycles. The minimum Gasteiger partial charge on any atom is -0.340 e. The van der Waals surface area contributed by atoms with E-state index in [1.54, 1.807) is 11.3 Å². The number of rotatable bonds is 3. The van der Waals surface area contributed by atoms with Crippen molar-refractivity contribution in [3.8, 4) is 0 Å². The van der Waals surface area contributed by atoms with Crippen molar-refractivity contribution in [2.75, 3.05) is 20.1 Å². The molecule has 3 nitrogen and oxygen atoms in total. The minimum absolute atomic E-state index is 0.218. The summed E-state index contributed by atoms with van der Waals surface area (Å²) in [6.07, 6.45) is 2.09. The van der Waals surface area contributed by atoms with Gasteiger partial charge in [0.25, 0.3) is 0 Å². The van der Waals surface area contributed by atoms with E-state index in [4.69, 9.17) is 0 Å². The third-order valence-electron chi connectivity index (χ3n) is 3.43. The fourth-order valence-corrected chi connectivity index (χ4v) is 3.16. The van der Waals surface area contributed by atoms with Crippen LogP contribution in [0, 0.1) is 5.41 Å². The summed E-state index contributed by atoms with van der Waals surface area (Å²) in [6.45, 7) is 4.65. The van der Waals surface area contributed by atoms with Crippen LogP contribution in [0.5, 0.6) is 0 Å². The maximum absolute atomic E-state index is 12.4. The second-order valence-corrected chi connectivity index (χ2v) is 6.11. The maximum Gasteiger partial charge on any atom is 0.229 e. The molecule has 0 aromatic carbocycles. The van der Waals surface area contributed by atoms with E-state index < -0.39 is 0 Å². The Morgan fingerprint density at radius 2 is 2.47 bits per heavy atom. The van der Waals surface area contributed by atoms with Gasteiger partial charge in [-0.25, -0.2) is 0 Å². The molecule has 1 fully saturated rings. The quantitative estimate of drug-likeness (QED) is 0.893. The molecule has 0 bridgehead atoms. The lowest BCUT2D eigenvalue weighted by atomic mass is 9.81. The monoisotopic (exact) mass is 252 g/mol. The van der Waals surface area contributed by atoms with Gasteiger partial charge in [0.05, 0.1) is 12.0 Å². The number of thiophene rings is 1. The topological polar surface area (TPSA) is 32.3 Å². The summed E-state index contributed by atoms with van der Waals surface area (Å²) in [5.74, 6) is 0.262. The molecule has 2 heterocycles. The average molecular weight is 252 g/mol. The van der Waals surface area contributed by atoms with Crippen LogP contribution in [0.3, 0.4) is 0 Å².